The first kappa shape index (κ1) is 24.9. The zero-order chi connectivity index (χ0) is 26.2. The molecule has 1 unspecified atom stereocenters. The van der Waals surface area contributed by atoms with Crippen LogP contribution in [0.2, 0.25) is 0 Å². The fourth-order valence-corrected chi connectivity index (χ4v) is 5.53. The number of benzene rings is 2. The van der Waals surface area contributed by atoms with Crippen LogP contribution in [-0.4, -0.2) is 81.9 Å². The van der Waals surface area contributed by atoms with Gasteiger partial charge >= 0.3 is 0 Å². The first-order chi connectivity index (χ1) is 17.8. The van der Waals surface area contributed by atoms with E-state index < -0.39 is 16.7 Å². The van der Waals surface area contributed by atoms with Crippen LogP contribution in [0.1, 0.15) is 52.0 Å². The molecule has 3 amide bonds. The van der Waals surface area contributed by atoms with Crippen LogP contribution < -0.4 is 0 Å². The maximum atomic E-state index is 13.8. The Morgan fingerprint density at radius 1 is 0.919 bits per heavy atom. The van der Waals surface area contributed by atoms with Gasteiger partial charge in [-0.2, -0.15) is 0 Å². The number of rotatable bonds is 4. The second kappa shape index (κ2) is 9.93. The van der Waals surface area contributed by atoms with Gasteiger partial charge < -0.3 is 14.5 Å². The van der Waals surface area contributed by atoms with E-state index in [1.54, 1.807) is 28.0 Å². The molecule has 0 radical (unpaired) electrons. The summed E-state index contributed by atoms with van der Waals surface area (Å²) in [6, 6.07) is 12.2. The number of amides is 3. The lowest BCUT2D eigenvalue weighted by Gasteiger charge is -2.44. The molecule has 1 atom stereocenters. The lowest BCUT2D eigenvalue weighted by Crippen LogP contribution is -2.60. The van der Waals surface area contributed by atoms with E-state index in [1.807, 2.05) is 24.0 Å². The third kappa shape index (κ3) is 4.69. The highest BCUT2D eigenvalue weighted by Crippen LogP contribution is 2.39. The minimum atomic E-state index is -0.999. The van der Waals surface area contributed by atoms with Crippen molar-refractivity contribution in [3.8, 4) is 0 Å². The highest BCUT2D eigenvalue weighted by molar-refractivity contribution is 5.99. The predicted molar refractivity (Wildman–Crippen MR) is 134 cm³/mol. The monoisotopic (exact) mass is 506 g/mol. The number of carbonyl (C=O) groups excluding carboxylic acids is 3. The minimum Gasteiger partial charge on any atom is -0.353 e. The zero-order valence-electron chi connectivity index (χ0n) is 20.8. The second-order valence-electron chi connectivity index (χ2n) is 9.95. The highest BCUT2D eigenvalue weighted by atomic mass is 16.6. The Kier molecular flexibility index (Phi) is 6.68. The summed E-state index contributed by atoms with van der Waals surface area (Å²) in [6.07, 6.45) is 2.58. The summed E-state index contributed by atoms with van der Waals surface area (Å²) in [7, 11) is 0. The fourth-order valence-electron chi connectivity index (χ4n) is 5.53. The number of nitro benzene ring substituents is 1. The van der Waals surface area contributed by atoms with Crippen LogP contribution in [0.3, 0.4) is 0 Å². The summed E-state index contributed by atoms with van der Waals surface area (Å²) in [6.45, 7) is 4.02. The van der Waals surface area contributed by atoms with Crippen LogP contribution in [0, 0.1) is 17.0 Å². The molecule has 10 nitrogen and oxygen atoms in total. The maximum absolute atomic E-state index is 13.8. The van der Waals surface area contributed by atoms with Gasteiger partial charge in [0.15, 0.2) is 0 Å². The lowest BCUT2D eigenvalue weighted by molar-refractivity contribution is -0.384. The first-order valence-electron chi connectivity index (χ1n) is 12.7. The predicted octanol–water partition coefficient (Wildman–Crippen LogP) is 3.00. The molecule has 10 heteroatoms. The first-order valence-corrected chi connectivity index (χ1v) is 12.7. The molecule has 1 spiro atoms. The molecule has 0 saturated carbocycles. The number of non-ortho nitro benzene ring substituents is 1. The standard InChI is InChI=1S/C27H30N4O6/c1-19-7-9-20(10-8-19)25(33)30-23(26(34)28-13-2-3-14-28)18-37-27(30)11-15-29(16-12-27)24(32)21-5-4-6-22(17-21)31(35)36/h4-10,17,23H,2-3,11-16,18H2,1H3. The van der Waals surface area contributed by atoms with Gasteiger partial charge in [-0.25, -0.2) is 0 Å². The second-order valence-corrected chi connectivity index (χ2v) is 9.95. The molecule has 0 N–H and O–H groups in total. The van der Waals surface area contributed by atoms with E-state index in [1.165, 1.54) is 18.2 Å². The molecule has 3 fully saturated rings. The van der Waals surface area contributed by atoms with Crippen molar-refractivity contribution in [3.05, 3.63) is 75.3 Å². The molecule has 3 aliphatic rings. The molecule has 3 saturated heterocycles. The molecular formula is C27H30N4O6. The van der Waals surface area contributed by atoms with E-state index in [4.69, 9.17) is 4.74 Å². The molecule has 2 aromatic carbocycles. The van der Waals surface area contributed by atoms with Crippen molar-refractivity contribution >= 4 is 23.4 Å². The summed E-state index contributed by atoms with van der Waals surface area (Å²) in [5.41, 5.74) is 0.622. The van der Waals surface area contributed by atoms with E-state index in [9.17, 15) is 24.5 Å². The summed E-state index contributed by atoms with van der Waals surface area (Å²) in [5.74, 6) is -0.656. The smallest absolute Gasteiger partial charge is 0.270 e. The number of ether oxygens (including phenoxy) is 1. The maximum Gasteiger partial charge on any atom is 0.270 e. The number of aryl methyl sites for hydroxylation is 1. The quantitative estimate of drug-likeness (QED) is 0.465. The van der Waals surface area contributed by atoms with Gasteiger partial charge in [0.2, 0.25) is 5.91 Å². The van der Waals surface area contributed by atoms with Gasteiger partial charge in [0.1, 0.15) is 11.8 Å². The van der Waals surface area contributed by atoms with Crippen molar-refractivity contribution in [2.45, 2.75) is 44.4 Å². The van der Waals surface area contributed by atoms with Gasteiger partial charge in [-0.1, -0.05) is 23.8 Å². The molecule has 0 aromatic heterocycles. The van der Waals surface area contributed by atoms with E-state index in [-0.39, 0.29) is 35.6 Å². The lowest BCUT2D eigenvalue weighted by atomic mass is 9.95. The van der Waals surface area contributed by atoms with Crippen LogP contribution in [0.5, 0.6) is 0 Å². The molecule has 3 heterocycles. The number of piperidine rings is 1. The normalized spacial score (nSPS) is 20.9. The SMILES string of the molecule is Cc1ccc(C(=O)N2C(C(=O)N3CCCC3)COC23CCN(C(=O)c2cccc([N+](=O)[O-])c2)CC3)cc1. The third-order valence-electron chi connectivity index (χ3n) is 7.62. The molecule has 2 aromatic rings. The van der Waals surface area contributed by atoms with Gasteiger partial charge in [-0.15, -0.1) is 0 Å². The number of hydrogen-bond acceptors (Lipinski definition) is 6. The van der Waals surface area contributed by atoms with Crippen molar-refractivity contribution in [2.75, 3.05) is 32.8 Å². The van der Waals surface area contributed by atoms with Crippen molar-refractivity contribution in [1.29, 1.82) is 0 Å². The van der Waals surface area contributed by atoms with Crippen molar-refractivity contribution in [2.24, 2.45) is 0 Å². The van der Waals surface area contributed by atoms with Crippen LogP contribution in [0.25, 0.3) is 0 Å². The van der Waals surface area contributed by atoms with Crippen molar-refractivity contribution in [3.63, 3.8) is 0 Å². The number of nitro groups is 1. The molecule has 37 heavy (non-hydrogen) atoms. The Morgan fingerprint density at radius 2 is 1.59 bits per heavy atom. The molecule has 5 rings (SSSR count). The Morgan fingerprint density at radius 3 is 2.24 bits per heavy atom. The highest BCUT2D eigenvalue weighted by Gasteiger charge is 2.55. The third-order valence-corrected chi connectivity index (χ3v) is 7.62. The van der Waals surface area contributed by atoms with Crippen molar-refractivity contribution < 1.29 is 24.0 Å². The zero-order valence-corrected chi connectivity index (χ0v) is 20.8. The van der Waals surface area contributed by atoms with Gasteiger partial charge in [-0.3, -0.25) is 29.4 Å². The summed E-state index contributed by atoms with van der Waals surface area (Å²) in [5, 5.41) is 11.1. The Bertz CT molecular complexity index is 1220. The van der Waals surface area contributed by atoms with Gasteiger partial charge in [0.25, 0.3) is 17.5 Å². The number of nitrogens with zero attached hydrogens (tertiary/aromatic N) is 4. The van der Waals surface area contributed by atoms with Crippen LogP contribution in [0.4, 0.5) is 5.69 Å². The van der Waals surface area contributed by atoms with Crippen LogP contribution >= 0.6 is 0 Å². The number of hydrogen-bond donors (Lipinski definition) is 0. The Balaban J connectivity index is 1.38. The van der Waals surface area contributed by atoms with Crippen LogP contribution in [-0.2, 0) is 9.53 Å². The fraction of sp³-hybridized carbons (Fsp3) is 0.444. The van der Waals surface area contributed by atoms with Gasteiger partial charge in [-0.05, 0) is 38.0 Å². The van der Waals surface area contributed by atoms with E-state index >= 15 is 0 Å². The average molecular weight is 507 g/mol. The Labute approximate surface area is 214 Å². The molecule has 194 valence electrons. The van der Waals surface area contributed by atoms with Crippen molar-refractivity contribution in [1.82, 2.24) is 14.7 Å². The van der Waals surface area contributed by atoms with Crippen LogP contribution in [0.15, 0.2) is 48.5 Å². The molecular weight excluding hydrogens is 476 g/mol. The van der Waals surface area contributed by atoms with E-state index in [0.717, 1.165) is 18.4 Å². The summed E-state index contributed by atoms with van der Waals surface area (Å²) in [4.78, 5) is 56.1. The van der Waals surface area contributed by atoms with Gasteiger partial charge in [0.05, 0.1) is 11.5 Å². The summed E-state index contributed by atoms with van der Waals surface area (Å²) >= 11 is 0. The minimum absolute atomic E-state index is 0.0927. The average Bonchev–Trinajstić information content (AvgIpc) is 3.57. The van der Waals surface area contributed by atoms with Gasteiger partial charge in [0, 0.05) is 62.3 Å². The largest absolute Gasteiger partial charge is 0.353 e. The van der Waals surface area contributed by atoms with E-state index in [0.29, 0.717) is 44.6 Å². The topological polar surface area (TPSA) is 113 Å². The number of likely N-dealkylation sites (tertiary alicyclic amines) is 2. The van der Waals surface area contributed by atoms with E-state index in [2.05, 4.69) is 0 Å². The molecule has 0 bridgehead atoms. The molecule has 0 aliphatic carbocycles. The number of carbonyl (C=O) groups is 3. The Hall–Kier alpha value is -3.79. The molecule has 3 aliphatic heterocycles. The summed E-state index contributed by atoms with van der Waals surface area (Å²) < 4.78 is 6.27.